The molecule has 0 unspecified atom stereocenters. The lowest BCUT2D eigenvalue weighted by Gasteiger charge is -2.25. The van der Waals surface area contributed by atoms with E-state index in [9.17, 15) is 8.42 Å². The minimum atomic E-state index is -3.25. The largest absolute Gasteiger partial charge is 0.301 e. The predicted octanol–water partition coefficient (Wildman–Crippen LogP) is 0.839. The first-order chi connectivity index (χ1) is 6.64. The molecule has 0 bridgehead atoms. The van der Waals surface area contributed by atoms with Crippen molar-refractivity contribution in [3.8, 4) is 0 Å². The molecule has 1 heterocycles. The van der Waals surface area contributed by atoms with Gasteiger partial charge in [-0.05, 0) is 32.9 Å². The molecule has 0 N–H and O–H groups in total. The fourth-order valence-electron chi connectivity index (χ4n) is 1.56. The summed E-state index contributed by atoms with van der Waals surface area (Å²) in [5, 5.41) is 0. The summed E-state index contributed by atoms with van der Waals surface area (Å²) in [6, 6.07) is 0. The predicted molar refractivity (Wildman–Crippen MR) is 55.7 cm³/mol. The van der Waals surface area contributed by atoms with E-state index in [-0.39, 0.29) is 5.75 Å². The van der Waals surface area contributed by atoms with Crippen LogP contribution < -0.4 is 0 Å². The number of likely N-dealkylation sites (tertiary alicyclic amines) is 1. The summed E-state index contributed by atoms with van der Waals surface area (Å²) in [7, 11) is -3.25. The highest BCUT2D eigenvalue weighted by Gasteiger charge is 2.12. The molecular formula is C9H19NO3S. The first-order valence-corrected chi connectivity index (χ1v) is 6.81. The van der Waals surface area contributed by atoms with E-state index in [0.29, 0.717) is 6.61 Å². The molecule has 0 spiro atoms. The molecule has 1 fully saturated rings. The van der Waals surface area contributed by atoms with Crippen LogP contribution in [0.25, 0.3) is 0 Å². The van der Waals surface area contributed by atoms with Gasteiger partial charge < -0.3 is 4.90 Å². The highest BCUT2D eigenvalue weighted by Crippen LogP contribution is 2.07. The summed E-state index contributed by atoms with van der Waals surface area (Å²) in [5.74, 6) is 0.0625. The minimum Gasteiger partial charge on any atom is -0.301 e. The van der Waals surface area contributed by atoms with Crippen LogP contribution in [-0.4, -0.2) is 45.3 Å². The van der Waals surface area contributed by atoms with Gasteiger partial charge in [-0.25, -0.2) is 0 Å². The molecule has 0 radical (unpaired) electrons. The number of rotatable bonds is 5. The molecule has 0 aliphatic carbocycles. The Morgan fingerprint density at radius 1 is 1.21 bits per heavy atom. The van der Waals surface area contributed by atoms with E-state index in [2.05, 4.69) is 4.90 Å². The van der Waals surface area contributed by atoms with Crippen LogP contribution in [0.4, 0.5) is 0 Å². The van der Waals surface area contributed by atoms with Crippen molar-refractivity contribution in [1.29, 1.82) is 0 Å². The third-order valence-corrected chi connectivity index (χ3v) is 3.71. The highest BCUT2D eigenvalue weighted by molar-refractivity contribution is 7.86. The second-order valence-electron chi connectivity index (χ2n) is 3.57. The molecule has 14 heavy (non-hydrogen) atoms. The van der Waals surface area contributed by atoms with Gasteiger partial charge in [0.1, 0.15) is 0 Å². The molecule has 84 valence electrons. The van der Waals surface area contributed by atoms with Crippen LogP contribution in [0.5, 0.6) is 0 Å². The van der Waals surface area contributed by atoms with E-state index in [4.69, 9.17) is 4.18 Å². The molecule has 0 amide bonds. The second-order valence-corrected chi connectivity index (χ2v) is 5.50. The van der Waals surface area contributed by atoms with Crippen molar-refractivity contribution in [1.82, 2.24) is 4.90 Å². The number of hydrogen-bond donors (Lipinski definition) is 0. The van der Waals surface area contributed by atoms with Gasteiger partial charge in [-0.2, -0.15) is 8.42 Å². The molecule has 0 aromatic rings. The zero-order valence-electron chi connectivity index (χ0n) is 8.74. The van der Waals surface area contributed by atoms with Crippen molar-refractivity contribution in [2.45, 2.75) is 26.2 Å². The molecule has 1 aliphatic rings. The molecular weight excluding hydrogens is 202 g/mol. The molecule has 1 saturated heterocycles. The van der Waals surface area contributed by atoms with Gasteiger partial charge >= 0.3 is 0 Å². The zero-order valence-corrected chi connectivity index (χ0v) is 9.55. The van der Waals surface area contributed by atoms with Crippen LogP contribution >= 0.6 is 0 Å². The van der Waals surface area contributed by atoms with Crippen LogP contribution in [-0.2, 0) is 14.3 Å². The van der Waals surface area contributed by atoms with Gasteiger partial charge in [-0.1, -0.05) is 6.42 Å². The summed E-state index contributed by atoms with van der Waals surface area (Å²) in [4.78, 5) is 2.26. The number of hydrogen-bond acceptors (Lipinski definition) is 4. The fourth-order valence-corrected chi connectivity index (χ4v) is 2.05. The molecule has 0 aromatic carbocycles. The molecule has 0 atom stereocenters. The van der Waals surface area contributed by atoms with Crippen LogP contribution in [0.1, 0.15) is 26.2 Å². The minimum absolute atomic E-state index is 0.0625. The monoisotopic (exact) mass is 221 g/mol. The van der Waals surface area contributed by atoms with Crippen molar-refractivity contribution in [2.75, 3.05) is 32.0 Å². The third kappa shape index (κ3) is 4.39. The summed E-state index contributed by atoms with van der Waals surface area (Å²) < 4.78 is 26.8. The smallest absolute Gasteiger partial charge is 0.267 e. The van der Waals surface area contributed by atoms with Gasteiger partial charge in [0.25, 0.3) is 10.1 Å². The second kappa shape index (κ2) is 5.68. The van der Waals surface area contributed by atoms with Gasteiger partial charge in [-0.3, -0.25) is 4.18 Å². The Morgan fingerprint density at radius 3 is 2.43 bits per heavy atom. The van der Waals surface area contributed by atoms with Gasteiger partial charge in [0.05, 0.1) is 12.4 Å². The Labute approximate surface area is 86.4 Å². The van der Waals surface area contributed by atoms with Crippen molar-refractivity contribution < 1.29 is 12.6 Å². The van der Waals surface area contributed by atoms with E-state index >= 15 is 0 Å². The molecule has 5 heteroatoms. The quantitative estimate of drug-likeness (QED) is 0.645. The number of piperidine rings is 1. The normalized spacial score (nSPS) is 19.8. The van der Waals surface area contributed by atoms with Crippen molar-refractivity contribution in [3.05, 3.63) is 0 Å². The van der Waals surface area contributed by atoms with Gasteiger partial charge in [-0.15, -0.1) is 0 Å². The Bertz CT molecular complexity index is 245. The maximum Gasteiger partial charge on any atom is 0.267 e. The van der Waals surface area contributed by atoms with Crippen molar-refractivity contribution in [3.63, 3.8) is 0 Å². The molecule has 1 rings (SSSR count). The summed E-state index contributed by atoms with van der Waals surface area (Å²) in [6.07, 6.45) is 3.74. The molecule has 1 aliphatic heterocycles. The van der Waals surface area contributed by atoms with E-state index in [1.54, 1.807) is 6.92 Å². The molecule has 0 saturated carbocycles. The van der Waals surface area contributed by atoms with E-state index in [0.717, 1.165) is 19.6 Å². The van der Waals surface area contributed by atoms with Crippen molar-refractivity contribution >= 4 is 10.1 Å². The number of nitrogens with zero attached hydrogens (tertiary/aromatic N) is 1. The lowest BCUT2D eigenvalue weighted by molar-refractivity contribution is 0.186. The fraction of sp³-hybridized carbons (Fsp3) is 1.00. The molecule has 0 aromatic heterocycles. The third-order valence-electron chi connectivity index (χ3n) is 2.47. The van der Waals surface area contributed by atoms with Crippen LogP contribution in [0.2, 0.25) is 0 Å². The summed E-state index contributed by atoms with van der Waals surface area (Å²) >= 11 is 0. The van der Waals surface area contributed by atoms with E-state index in [1.165, 1.54) is 19.3 Å². The average molecular weight is 221 g/mol. The maximum absolute atomic E-state index is 11.0. The lowest BCUT2D eigenvalue weighted by Crippen LogP contribution is -2.33. The van der Waals surface area contributed by atoms with Crippen LogP contribution in [0, 0.1) is 0 Å². The zero-order chi connectivity index (χ0) is 10.4. The highest BCUT2D eigenvalue weighted by atomic mass is 32.2. The topological polar surface area (TPSA) is 46.6 Å². The van der Waals surface area contributed by atoms with E-state index < -0.39 is 10.1 Å². The summed E-state index contributed by atoms with van der Waals surface area (Å²) in [6.45, 7) is 4.79. The molecule has 4 nitrogen and oxygen atoms in total. The van der Waals surface area contributed by atoms with Crippen molar-refractivity contribution in [2.24, 2.45) is 0 Å². The van der Waals surface area contributed by atoms with Gasteiger partial charge in [0.2, 0.25) is 0 Å². The van der Waals surface area contributed by atoms with Gasteiger partial charge in [0, 0.05) is 6.54 Å². The first kappa shape index (κ1) is 11.9. The SMILES string of the molecule is CCS(=O)(=O)OCCN1CCCCC1. The lowest BCUT2D eigenvalue weighted by atomic mass is 10.1. The Hall–Kier alpha value is -0.130. The maximum atomic E-state index is 11.0. The van der Waals surface area contributed by atoms with Gasteiger partial charge in [0.15, 0.2) is 0 Å². The van der Waals surface area contributed by atoms with E-state index in [1.807, 2.05) is 0 Å². The Kier molecular flexibility index (Phi) is 4.84. The average Bonchev–Trinajstić information content (AvgIpc) is 2.19. The first-order valence-electron chi connectivity index (χ1n) is 5.23. The van der Waals surface area contributed by atoms with Crippen LogP contribution in [0.15, 0.2) is 0 Å². The van der Waals surface area contributed by atoms with Crippen LogP contribution in [0.3, 0.4) is 0 Å². The Balaban J connectivity index is 2.14. The summed E-state index contributed by atoms with van der Waals surface area (Å²) in [5.41, 5.74) is 0. The standard InChI is InChI=1S/C9H19NO3S/c1-2-14(11,12)13-9-8-10-6-4-3-5-7-10/h2-9H2,1H3. The Morgan fingerprint density at radius 2 is 1.86 bits per heavy atom.